The van der Waals surface area contributed by atoms with Gasteiger partial charge in [-0.1, -0.05) is 11.6 Å². The topological polar surface area (TPSA) is 30.7 Å². The molecule has 1 aliphatic rings. The van der Waals surface area contributed by atoms with E-state index in [-0.39, 0.29) is 17.6 Å². The summed E-state index contributed by atoms with van der Waals surface area (Å²) in [5.41, 5.74) is 0.784. The molecule has 2 rings (SSSR count). The molecule has 0 bridgehead atoms. The molecule has 1 aromatic rings. The summed E-state index contributed by atoms with van der Waals surface area (Å²) < 4.78 is 5.43. The first-order valence-electron chi connectivity index (χ1n) is 6.18. The lowest BCUT2D eigenvalue weighted by molar-refractivity contribution is -0.990. The normalized spacial score (nSPS) is 23.3. The SMILES string of the molecule is CC(C)(C)[NH+]1CC(OC(=O)c2ccc(Cl)cc2)C1. The number of carbonyl (C=O) groups excluding carboxylic acids is 1. The Kier molecular flexibility index (Phi) is 3.64. The molecule has 1 aromatic carbocycles. The van der Waals surface area contributed by atoms with Gasteiger partial charge in [0.1, 0.15) is 13.1 Å². The number of halogens is 1. The van der Waals surface area contributed by atoms with Crippen molar-refractivity contribution in [1.82, 2.24) is 0 Å². The van der Waals surface area contributed by atoms with Gasteiger partial charge in [0.15, 0.2) is 6.10 Å². The number of quaternary nitrogens is 1. The van der Waals surface area contributed by atoms with E-state index in [1.807, 2.05) is 0 Å². The third-order valence-electron chi connectivity index (χ3n) is 3.36. The van der Waals surface area contributed by atoms with Crippen molar-refractivity contribution in [3.63, 3.8) is 0 Å². The van der Waals surface area contributed by atoms with Crippen molar-refractivity contribution >= 4 is 17.6 Å². The molecule has 0 radical (unpaired) electrons. The standard InChI is InChI=1S/C14H18ClNO2/c1-14(2,3)16-8-12(9-16)18-13(17)10-4-6-11(15)7-5-10/h4-7,12H,8-9H2,1-3H3/p+1. The minimum Gasteiger partial charge on any atom is -0.447 e. The molecule has 98 valence electrons. The van der Waals surface area contributed by atoms with E-state index in [9.17, 15) is 4.79 Å². The van der Waals surface area contributed by atoms with Gasteiger partial charge in [0.2, 0.25) is 0 Å². The zero-order valence-corrected chi connectivity index (χ0v) is 11.8. The molecule has 0 unspecified atom stereocenters. The summed E-state index contributed by atoms with van der Waals surface area (Å²) in [7, 11) is 0. The first kappa shape index (κ1) is 13.4. The molecule has 1 N–H and O–H groups in total. The first-order valence-corrected chi connectivity index (χ1v) is 6.56. The van der Waals surface area contributed by atoms with Crippen LogP contribution in [0.15, 0.2) is 24.3 Å². The highest BCUT2D eigenvalue weighted by Crippen LogP contribution is 2.12. The molecule has 1 saturated heterocycles. The molecular weight excluding hydrogens is 250 g/mol. The first-order chi connectivity index (χ1) is 8.36. The summed E-state index contributed by atoms with van der Waals surface area (Å²) >= 11 is 5.77. The van der Waals surface area contributed by atoms with E-state index >= 15 is 0 Å². The van der Waals surface area contributed by atoms with Gasteiger partial charge >= 0.3 is 5.97 Å². The van der Waals surface area contributed by atoms with Crippen LogP contribution in [-0.2, 0) is 4.74 Å². The van der Waals surface area contributed by atoms with Gasteiger partial charge in [0, 0.05) is 5.02 Å². The van der Waals surface area contributed by atoms with Crippen LogP contribution in [0.4, 0.5) is 0 Å². The monoisotopic (exact) mass is 268 g/mol. The van der Waals surface area contributed by atoms with Crippen LogP contribution in [0, 0.1) is 0 Å². The van der Waals surface area contributed by atoms with E-state index in [0.29, 0.717) is 10.6 Å². The molecule has 1 aliphatic heterocycles. The minimum atomic E-state index is -0.260. The van der Waals surface area contributed by atoms with Crippen LogP contribution in [0.25, 0.3) is 0 Å². The van der Waals surface area contributed by atoms with Crippen LogP contribution in [0.1, 0.15) is 31.1 Å². The van der Waals surface area contributed by atoms with Crippen molar-refractivity contribution in [2.75, 3.05) is 13.1 Å². The van der Waals surface area contributed by atoms with E-state index in [1.165, 1.54) is 4.90 Å². The molecule has 0 saturated carbocycles. The Labute approximate surface area is 113 Å². The van der Waals surface area contributed by atoms with Gasteiger partial charge in [-0.2, -0.15) is 0 Å². The summed E-state index contributed by atoms with van der Waals surface area (Å²) in [5.74, 6) is -0.260. The lowest BCUT2D eigenvalue weighted by Crippen LogP contribution is -3.27. The Balaban J connectivity index is 1.85. The van der Waals surface area contributed by atoms with E-state index in [0.717, 1.165) is 13.1 Å². The Bertz CT molecular complexity index is 430. The van der Waals surface area contributed by atoms with Crippen molar-refractivity contribution < 1.29 is 14.4 Å². The Morgan fingerprint density at radius 3 is 2.33 bits per heavy atom. The predicted molar refractivity (Wildman–Crippen MR) is 71.1 cm³/mol. The number of ether oxygens (including phenoxy) is 1. The second kappa shape index (κ2) is 4.90. The molecule has 3 nitrogen and oxygen atoms in total. The Morgan fingerprint density at radius 1 is 1.28 bits per heavy atom. The van der Waals surface area contributed by atoms with Gasteiger partial charge in [-0.25, -0.2) is 4.79 Å². The second-order valence-electron chi connectivity index (χ2n) is 5.80. The van der Waals surface area contributed by atoms with E-state index in [2.05, 4.69) is 20.8 Å². The number of hydrogen-bond donors (Lipinski definition) is 1. The number of benzene rings is 1. The molecule has 18 heavy (non-hydrogen) atoms. The molecule has 1 fully saturated rings. The van der Waals surface area contributed by atoms with E-state index in [4.69, 9.17) is 16.3 Å². The summed E-state index contributed by atoms with van der Waals surface area (Å²) in [6, 6.07) is 6.78. The van der Waals surface area contributed by atoms with Crippen molar-refractivity contribution in [2.24, 2.45) is 0 Å². The lowest BCUT2D eigenvalue weighted by atomic mass is 9.99. The lowest BCUT2D eigenvalue weighted by Gasteiger charge is -2.42. The van der Waals surface area contributed by atoms with Gasteiger partial charge in [0.05, 0.1) is 11.1 Å². The molecule has 0 aromatic heterocycles. The van der Waals surface area contributed by atoms with Gasteiger partial charge in [0.25, 0.3) is 0 Å². The highest BCUT2D eigenvalue weighted by molar-refractivity contribution is 6.30. The maximum Gasteiger partial charge on any atom is 0.338 e. The number of nitrogens with one attached hydrogen (secondary N) is 1. The number of hydrogen-bond acceptors (Lipinski definition) is 2. The third kappa shape index (κ3) is 3.03. The van der Waals surface area contributed by atoms with Crippen LogP contribution in [0.5, 0.6) is 0 Å². The van der Waals surface area contributed by atoms with Crippen LogP contribution >= 0.6 is 11.6 Å². The van der Waals surface area contributed by atoms with Crippen LogP contribution < -0.4 is 4.90 Å². The molecule has 0 atom stereocenters. The predicted octanol–water partition coefficient (Wildman–Crippen LogP) is 1.56. The zero-order chi connectivity index (χ0) is 13.3. The zero-order valence-electron chi connectivity index (χ0n) is 11.0. The third-order valence-corrected chi connectivity index (χ3v) is 3.61. The van der Waals surface area contributed by atoms with Crippen LogP contribution in [0.3, 0.4) is 0 Å². The molecule has 0 aliphatic carbocycles. The summed E-state index contributed by atoms with van der Waals surface area (Å²) in [6.45, 7) is 8.37. The maximum absolute atomic E-state index is 11.8. The average Bonchev–Trinajstić information content (AvgIpc) is 2.21. The summed E-state index contributed by atoms with van der Waals surface area (Å²) in [5, 5.41) is 0.624. The van der Waals surface area contributed by atoms with Gasteiger partial charge < -0.3 is 9.64 Å². The van der Waals surface area contributed by atoms with Crippen molar-refractivity contribution in [2.45, 2.75) is 32.4 Å². The molecular formula is C14H19ClNO2+. The second-order valence-corrected chi connectivity index (χ2v) is 6.23. The smallest absolute Gasteiger partial charge is 0.338 e. The average molecular weight is 269 g/mol. The number of rotatable bonds is 2. The van der Waals surface area contributed by atoms with Gasteiger partial charge in [-0.15, -0.1) is 0 Å². The number of esters is 1. The molecule has 0 amide bonds. The minimum absolute atomic E-state index is 0.0439. The quantitative estimate of drug-likeness (QED) is 0.826. The fourth-order valence-corrected chi connectivity index (χ4v) is 2.12. The van der Waals surface area contributed by atoms with E-state index < -0.39 is 0 Å². The fraction of sp³-hybridized carbons (Fsp3) is 0.500. The van der Waals surface area contributed by atoms with Crippen LogP contribution in [0.2, 0.25) is 5.02 Å². The highest BCUT2D eigenvalue weighted by Gasteiger charge is 2.41. The fourth-order valence-electron chi connectivity index (χ4n) is 1.99. The molecule has 1 heterocycles. The van der Waals surface area contributed by atoms with Crippen molar-refractivity contribution in [1.29, 1.82) is 0 Å². The van der Waals surface area contributed by atoms with Gasteiger partial charge in [-0.05, 0) is 45.0 Å². The number of carbonyl (C=O) groups is 1. The van der Waals surface area contributed by atoms with Crippen molar-refractivity contribution in [3.8, 4) is 0 Å². The van der Waals surface area contributed by atoms with Crippen molar-refractivity contribution in [3.05, 3.63) is 34.9 Å². The van der Waals surface area contributed by atoms with E-state index in [1.54, 1.807) is 24.3 Å². The Hall–Kier alpha value is -1.06. The number of likely N-dealkylation sites (tertiary alicyclic amines) is 1. The Morgan fingerprint density at radius 2 is 1.83 bits per heavy atom. The van der Waals surface area contributed by atoms with Gasteiger partial charge in [-0.3, -0.25) is 0 Å². The largest absolute Gasteiger partial charge is 0.447 e. The molecule has 4 heteroatoms. The summed E-state index contributed by atoms with van der Waals surface area (Å²) in [4.78, 5) is 13.3. The molecule has 0 spiro atoms. The van der Waals surface area contributed by atoms with Crippen LogP contribution in [-0.4, -0.2) is 30.7 Å². The summed E-state index contributed by atoms with van der Waals surface area (Å²) in [6.07, 6.45) is 0.0439. The highest BCUT2D eigenvalue weighted by atomic mass is 35.5. The maximum atomic E-state index is 11.8.